The molecule has 80 valence electrons. The monoisotopic (exact) mass is 320 g/mol. The van der Waals surface area contributed by atoms with Gasteiger partial charge in [-0.25, -0.2) is 4.79 Å². The minimum absolute atomic E-state index is 0.340. The van der Waals surface area contributed by atoms with Crippen LogP contribution in [0.5, 0.6) is 0 Å². The molecular formula is C9H9IN2O3. The number of aromatic amines is 1. The molecule has 0 radical (unpaired) electrons. The van der Waals surface area contributed by atoms with Crippen molar-refractivity contribution in [1.82, 2.24) is 10.5 Å². The van der Waals surface area contributed by atoms with Crippen molar-refractivity contribution < 1.29 is 14.4 Å². The number of rotatable bonds is 2. The van der Waals surface area contributed by atoms with Crippen LogP contribution in [0.1, 0.15) is 17.4 Å². The van der Waals surface area contributed by atoms with Gasteiger partial charge in [0.05, 0.1) is 0 Å². The van der Waals surface area contributed by atoms with Gasteiger partial charge in [-0.2, -0.15) is 5.48 Å². The summed E-state index contributed by atoms with van der Waals surface area (Å²) in [5.74, 6) is -1.11. The van der Waals surface area contributed by atoms with E-state index in [1.165, 1.54) is 12.2 Å². The van der Waals surface area contributed by atoms with E-state index in [4.69, 9.17) is 0 Å². The fourth-order valence-corrected chi connectivity index (χ4v) is 1.29. The lowest BCUT2D eigenvalue weighted by Gasteiger charge is -2.00. The Labute approximate surface area is 100.0 Å². The molecule has 1 aromatic rings. The van der Waals surface area contributed by atoms with Crippen molar-refractivity contribution in [2.45, 2.75) is 6.92 Å². The number of halogens is 1. The average molecular weight is 320 g/mol. The van der Waals surface area contributed by atoms with Crippen LogP contribution < -0.4 is 5.48 Å². The number of hydroxylamine groups is 1. The average Bonchev–Trinajstić information content (AvgIpc) is 2.62. The molecule has 1 heterocycles. The van der Waals surface area contributed by atoms with Gasteiger partial charge >= 0.3 is 5.97 Å². The number of H-pyrrole nitrogens is 1. The summed E-state index contributed by atoms with van der Waals surface area (Å²) < 4.78 is 0.900. The van der Waals surface area contributed by atoms with Crippen molar-refractivity contribution in [2.75, 3.05) is 0 Å². The zero-order chi connectivity index (χ0) is 11.3. The van der Waals surface area contributed by atoms with Gasteiger partial charge in [0.25, 0.3) is 5.91 Å². The first-order valence-electron chi connectivity index (χ1n) is 4.11. The number of allylic oxidation sites excluding steroid dienone is 1. The van der Waals surface area contributed by atoms with E-state index in [1.807, 2.05) is 5.48 Å². The van der Waals surface area contributed by atoms with Crippen LogP contribution >= 0.6 is 22.6 Å². The molecule has 5 nitrogen and oxygen atoms in total. The van der Waals surface area contributed by atoms with E-state index in [0.717, 1.165) is 3.57 Å². The molecular weight excluding hydrogens is 311 g/mol. The number of nitrogens with one attached hydrogen (secondary N) is 2. The lowest BCUT2D eigenvalue weighted by Crippen LogP contribution is -2.26. The van der Waals surface area contributed by atoms with Crippen LogP contribution in [0.4, 0.5) is 0 Å². The summed E-state index contributed by atoms with van der Waals surface area (Å²) in [4.78, 5) is 29.4. The highest BCUT2D eigenvalue weighted by molar-refractivity contribution is 14.1. The highest BCUT2D eigenvalue weighted by Crippen LogP contribution is 2.05. The second-order valence-corrected chi connectivity index (χ2v) is 3.83. The zero-order valence-corrected chi connectivity index (χ0v) is 10.1. The zero-order valence-electron chi connectivity index (χ0n) is 7.91. The summed E-state index contributed by atoms with van der Waals surface area (Å²) in [5.41, 5.74) is 2.36. The lowest BCUT2D eigenvalue weighted by atomic mass is 10.4. The van der Waals surface area contributed by atoms with E-state index in [1.54, 1.807) is 19.2 Å². The van der Waals surface area contributed by atoms with Crippen molar-refractivity contribution >= 4 is 34.5 Å². The smallest absolute Gasteiger partial charge is 0.355 e. The molecule has 1 aromatic heterocycles. The van der Waals surface area contributed by atoms with E-state index in [-0.39, 0.29) is 0 Å². The predicted molar refractivity (Wildman–Crippen MR) is 61.9 cm³/mol. The topological polar surface area (TPSA) is 71.2 Å². The molecule has 0 aliphatic carbocycles. The van der Waals surface area contributed by atoms with E-state index in [9.17, 15) is 9.59 Å². The third-order valence-electron chi connectivity index (χ3n) is 1.44. The third kappa shape index (κ3) is 3.74. The highest BCUT2D eigenvalue weighted by atomic mass is 127. The number of carbonyl (C=O) groups excluding carboxylic acids is 2. The van der Waals surface area contributed by atoms with Crippen molar-refractivity contribution in [3.63, 3.8) is 0 Å². The maximum atomic E-state index is 11.3. The first-order chi connectivity index (χ1) is 7.13. The fourth-order valence-electron chi connectivity index (χ4n) is 0.821. The molecule has 0 aliphatic heterocycles. The van der Waals surface area contributed by atoms with Gasteiger partial charge in [0.1, 0.15) is 5.69 Å². The van der Waals surface area contributed by atoms with Crippen molar-refractivity contribution in [2.24, 2.45) is 0 Å². The Morgan fingerprint density at radius 3 is 2.87 bits per heavy atom. The van der Waals surface area contributed by atoms with E-state index >= 15 is 0 Å². The van der Waals surface area contributed by atoms with Crippen molar-refractivity contribution in [3.8, 4) is 0 Å². The Bertz CT molecular complexity index is 398. The molecule has 0 spiro atoms. The third-order valence-corrected chi connectivity index (χ3v) is 2.06. The van der Waals surface area contributed by atoms with Gasteiger partial charge in [0.2, 0.25) is 0 Å². The quantitative estimate of drug-likeness (QED) is 0.491. The number of hydrogen-bond donors (Lipinski definition) is 2. The summed E-state index contributed by atoms with van der Waals surface area (Å²) in [6.45, 7) is 1.68. The van der Waals surface area contributed by atoms with Crippen LogP contribution in [-0.2, 0) is 9.63 Å². The molecule has 0 saturated carbocycles. The summed E-state index contributed by atoms with van der Waals surface area (Å²) in [6, 6.07) is 1.64. The Morgan fingerprint density at radius 1 is 1.60 bits per heavy atom. The molecule has 0 fully saturated rings. The van der Waals surface area contributed by atoms with Crippen LogP contribution in [-0.4, -0.2) is 16.9 Å². The minimum atomic E-state index is -0.618. The summed E-state index contributed by atoms with van der Waals surface area (Å²) in [7, 11) is 0. The highest BCUT2D eigenvalue weighted by Gasteiger charge is 2.08. The molecule has 0 saturated heterocycles. The van der Waals surface area contributed by atoms with Gasteiger partial charge in [0.15, 0.2) is 0 Å². The molecule has 15 heavy (non-hydrogen) atoms. The molecule has 0 aromatic carbocycles. The van der Waals surface area contributed by atoms with Crippen LogP contribution in [0.3, 0.4) is 0 Å². The van der Waals surface area contributed by atoms with Gasteiger partial charge in [-0.15, -0.1) is 0 Å². The number of amides is 1. The standard InChI is InChI=1S/C9H9IN2O3/c1-2-3-8(13)15-12-9(14)7-4-6(10)5-11-7/h2-5,11H,1H3,(H,12,14). The number of aromatic nitrogens is 1. The number of hydrogen-bond acceptors (Lipinski definition) is 3. The van der Waals surface area contributed by atoms with E-state index < -0.39 is 11.9 Å². The summed E-state index contributed by atoms with van der Waals surface area (Å²) in [6.07, 6.45) is 4.40. The Hall–Kier alpha value is -1.31. The second kappa shape index (κ2) is 5.54. The lowest BCUT2D eigenvalue weighted by molar-refractivity contribution is -0.142. The van der Waals surface area contributed by atoms with Crippen LogP contribution in [0, 0.1) is 3.57 Å². The number of carbonyl (C=O) groups is 2. The van der Waals surface area contributed by atoms with Crippen molar-refractivity contribution in [1.29, 1.82) is 0 Å². The first kappa shape index (κ1) is 11.8. The SMILES string of the molecule is CC=CC(=O)ONC(=O)c1cc(I)c[nH]1. The normalized spacial score (nSPS) is 10.3. The maximum absolute atomic E-state index is 11.3. The van der Waals surface area contributed by atoms with Gasteiger partial charge in [-0.05, 0) is 35.6 Å². The van der Waals surface area contributed by atoms with Crippen LogP contribution in [0.25, 0.3) is 0 Å². The maximum Gasteiger partial charge on any atom is 0.355 e. The van der Waals surface area contributed by atoms with Crippen molar-refractivity contribution in [3.05, 3.63) is 33.7 Å². The fraction of sp³-hybridized carbons (Fsp3) is 0.111. The molecule has 6 heteroatoms. The Balaban J connectivity index is 2.47. The minimum Gasteiger partial charge on any atom is -0.356 e. The Kier molecular flexibility index (Phi) is 4.35. The largest absolute Gasteiger partial charge is 0.356 e. The van der Waals surface area contributed by atoms with Gasteiger partial charge in [0, 0.05) is 15.8 Å². The molecule has 2 N–H and O–H groups in total. The predicted octanol–water partition coefficient (Wildman–Crippen LogP) is 1.38. The molecule has 0 aliphatic rings. The summed E-state index contributed by atoms with van der Waals surface area (Å²) >= 11 is 2.06. The first-order valence-corrected chi connectivity index (χ1v) is 5.19. The Morgan fingerprint density at radius 2 is 2.33 bits per heavy atom. The molecule has 1 rings (SSSR count). The molecule has 0 bridgehead atoms. The van der Waals surface area contributed by atoms with Crippen LogP contribution in [0.2, 0.25) is 0 Å². The van der Waals surface area contributed by atoms with E-state index in [2.05, 4.69) is 32.4 Å². The second-order valence-electron chi connectivity index (χ2n) is 2.58. The van der Waals surface area contributed by atoms with Gasteiger partial charge in [-0.3, -0.25) is 4.79 Å². The van der Waals surface area contributed by atoms with Crippen LogP contribution in [0.15, 0.2) is 24.4 Å². The molecule has 1 amide bonds. The molecule has 0 atom stereocenters. The van der Waals surface area contributed by atoms with Gasteiger partial charge < -0.3 is 9.82 Å². The summed E-state index contributed by atoms with van der Waals surface area (Å²) in [5, 5.41) is 0. The van der Waals surface area contributed by atoms with Gasteiger partial charge in [-0.1, -0.05) is 6.08 Å². The van der Waals surface area contributed by atoms with E-state index in [0.29, 0.717) is 5.69 Å². The molecule has 0 unspecified atom stereocenters.